The predicted molar refractivity (Wildman–Crippen MR) is 63.1 cm³/mol. The van der Waals surface area contributed by atoms with E-state index in [4.69, 9.17) is 5.26 Å². The minimum Gasteiger partial charge on any atom is -0.352 e. The number of carbonyl (C=O) groups excluding carboxylic acids is 1. The number of carbonyl (C=O) groups is 1. The van der Waals surface area contributed by atoms with Gasteiger partial charge in [-0.25, -0.2) is 0 Å². The first-order valence-corrected chi connectivity index (χ1v) is 5.38. The molecule has 3 heteroatoms. The normalized spacial score (nSPS) is 9.56. The van der Waals surface area contributed by atoms with E-state index < -0.39 is 0 Å². The molecule has 1 N–H and O–H groups in total. The van der Waals surface area contributed by atoms with E-state index in [0.717, 1.165) is 16.7 Å². The average molecular weight is 216 g/mol. The molecule has 0 fully saturated rings. The average Bonchev–Trinajstić information content (AvgIpc) is 2.28. The SMILES string of the molecule is Cc1cccc(C(=O)NCCCC#N)c1C. The first-order valence-electron chi connectivity index (χ1n) is 5.38. The van der Waals surface area contributed by atoms with Crippen molar-refractivity contribution in [1.29, 1.82) is 5.26 Å². The third-order valence-corrected chi connectivity index (χ3v) is 2.60. The van der Waals surface area contributed by atoms with Crippen molar-refractivity contribution in [2.45, 2.75) is 26.7 Å². The quantitative estimate of drug-likeness (QED) is 0.785. The topological polar surface area (TPSA) is 52.9 Å². The molecule has 16 heavy (non-hydrogen) atoms. The van der Waals surface area contributed by atoms with Crippen LogP contribution in [-0.4, -0.2) is 12.5 Å². The van der Waals surface area contributed by atoms with Crippen LogP contribution < -0.4 is 5.32 Å². The zero-order valence-electron chi connectivity index (χ0n) is 9.71. The van der Waals surface area contributed by atoms with Gasteiger partial charge in [0.25, 0.3) is 5.91 Å². The standard InChI is InChI=1S/C13H16N2O/c1-10-6-5-7-12(11(10)2)13(16)15-9-4-3-8-14/h5-7H,3-4,9H2,1-2H3,(H,15,16). The van der Waals surface area contributed by atoms with Crippen LogP contribution in [0.3, 0.4) is 0 Å². The summed E-state index contributed by atoms with van der Waals surface area (Å²) in [6, 6.07) is 7.74. The molecule has 0 heterocycles. The van der Waals surface area contributed by atoms with Crippen LogP contribution in [0.5, 0.6) is 0 Å². The highest BCUT2D eigenvalue weighted by atomic mass is 16.1. The van der Waals surface area contributed by atoms with Gasteiger partial charge in [-0.2, -0.15) is 5.26 Å². The molecule has 1 aromatic rings. The Balaban J connectivity index is 2.60. The molecule has 3 nitrogen and oxygen atoms in total. The van der Waals surface area contributed by atoms with Gasteiger partial charge in [0.05, 0.1) is 6.07 Å². The van der Waals surface area contributed by atoms with Crippen molar-refractivity contribution in [2.75, 3.05) is 6.54 Å². The third kappa shape index (κ3) is 3.09. The fraction of sp³-hybridized carbons (Fsp3) is 0.385. The number of nitrogens with one attached hydrogen (secondary N) is 1. The lowest BCUT2D eigenvalue weighted by Crippen LogP contribution is -2.25. The molecule has 0 saturated carbocycles. The van der Waals surface area contributed by atoms with E-state index in [-0.39, 0.29) is 5.91 Å². The maximum atomic E-state index is 11.8. The van der Waals surface area contributed by atoms with Crippen LogP contribution >= 0.6 is 0 Å². The smallest absolute Gasteiger partial charge is 0.251 e. The van der Waals surface area contributed by atoms with Gasteiger partial charge in [-0.1, -0.05) is 12.1 Å². The van der Waals surface area contributed by atoms with Gasteiger partial charge < -0.3 is 5.32 Å². The first-order chi connectivity index (χ1) is 7.66. The van der Waals surface area contributed by atoms with Gasteiger partial charge in [-0.05, 0) is 37.5 Å². The van der Waals surface area contributed by atoms with Gasteiger partial charge in [0, 0.05) is 18.5 Å². The van der Waals surface area contributed by atoms with Crippen LogP contribution in [0.4, 0.5) is 0 Å². The monoisotopic (exact) mass is 216 g/mol. The fourth-order valence-corrected chi connectivity index (χ4v) is 1.46. The van der Waals surface area contributed by atoms with E-state index in [1.54, 1.807) is 0 Å². The lowest BCUT2D eigenvalue weighted by molar-refractivity contribution is 0.0952. The number of aryl methyl sites for hydroxylation is 1. The highest BCUT2D eigenvalue weighted by Gasteiger charge is 2.08. The van der Waals surface area contributed by atoms with Crippen molar-refractivity contribution in [2.24, 2.45) is 0 Å². The molecular formula is C13H16N2O. The maximum absolute atomic E-state index is 11.8. The minimum absolute atomic E-state index is 0.0564. The van der Waals surface area contributed by atoms with E-state index in [1.165, 1.54) is 0 Å². The molecule has 0 spiro atoms. The van der Waals surface area contributed by atoms with Crippen LogP contribution in [0.25, 0.3) is 0 Å². The Bertz CT molecular complexity index is 418. The van der Waals surface area contributed by atoms with Gasteiger partial charge in [0.2, 0.25) is 0 Å². The summed E-state index contributed by atoms with van der Waals surface area (Å²) in [7, 11) is 0. The van der Waals surface area contributed by atoms with Crippen molar-refractivity contribution in [3.8, 4) is 6.07 Å². The molecule has 84 valence electrons. The Hall–Kier alpha value is -1.82. The zero-order chi connectivity index (χ0) is 12.0. The van der Waals surface area contributed by atoms with Crippen LogP contribution in [-0.2, 0) is 0 Å². The molecule has 1 amide bonds. The zero-order valence-corrected chi connectivity index (χ0v) is 9.71. The van der Waals surface area contributed by atoms with Crippen LogP contribution in [0.15, 0.2) is 18.2 Å². The molecule has 0 radical (unpaired) electrons. The summed E-state index contributed by atoms with van der Waals surface area (Å²) in [6.45, 7) is 4.49. The molecule has 0 aliphatic rings. The molecule has 1 rings (SSSR count). The molecule has 0 atom stereocenters. The van der Waals surface area contributed by atoms with Gasteiger partial charge in [0.1, 0.15) is 0 Å². The van der Waals surface area contributed by atoms with Crippen LogP contribution in [0.1, 0.15) is 34.3 Å². The first kappa shape index (κ1) is 12.3. The van der Waals surface area contributed by atoms with Crippen molar-refractivity contribution in [3.63, 3.8) is 0 Å². The second-order valence-electron chi connectivity index (χ2n) is 3.77. The van der Waals surface area contributed by atoms with Crippen LogP contribution in [0.2, 0.25) is 0 Å². The molecular weight excluding hydrogens is 200 g/mol. The van der Waals surface area contributed by atoms with Gasteiger partial charge in [-0.15, -0.1) is 0 Å². The van der Waals surface area contributed by atoms with Crippen LogP contribution in [0, 0.1) is 25.2 Å². The second kappa shape index (κ2) is 5.92. The Morgan fingerprint density at radius 3 is 2.88 bits per heavy atom. The van der Waals surface area contributed by atoms with E-state index in [9.17, 15) is 4.79 Å². The summed E-state index contributed by atoms with van der Waals surface area (Å²) in [5.41, 5.74) is 2.85. The Kier molecular flexibility index (Phi) is 4.53. The Morgan fingerprint density at radius 1 is 1.44 bits per heavy atom. The molecule has 1 aromatic carbocycles. The number of rotatable bonds is 4. The summed E-state index contributed by atoms with van der Waals surface area (Å²) in [4.78, 5) is 11.8. The third-order valence-electron chi connectivity index (χ3n) is 2.60. The van der Waals surface area contributed by atoms with Crippen molar-refractivity contribution >= 4 is 5.91 Å². The molecule has 0 aliphatic heterocycles. The number of unbranched alkanes of at least 4 members (excludes halogenated alkanes) is 1. The fourth-order valence-electron chi connectivity index (χ4n) is 1.46. The maximum Gasteiger partial charge on any atom is 0.251 e. The van der Waals surface area contributed by atoms with Crippen molar-refractivity contribution in [3.05, 3.63) is 34.9 Å². The number of hydrogen-bond donors (Lipinski definition) is 1. The summed E-state index contributed by atoms with van der Waals surface area (Å²) >= 11 is 0. The lowest BCUT2D eigenvalue weighted by atomic mass is 10.0. The highest BCUT2D eigenvalue weighted by Crippen LogP contribution is 2.12. The number of nitrogens with zero attached hydrogens (tertiary/aromatic N) is 1. The number of nitriles is 1. The molecule has 0 saturated heterocycles. The Morgan fingerprint density at radius 2 is 2.19 bits per heavy atom. The summed E-state index contributed by atoms with van der Waals surface area (Å²) in [6.07, 6.45) is 1.18. The van der Waals surface area contributed by atoms with Gasteiger partial charge in [0.15, 0.2) is 0 Å². The molecule has 0 unspecified atom stereocenters. The summed E-state index contributed by atoms with van der Waals surface area (Å²) < 4.78 is 0. The number of benzene rings is 1. The molecule has 0 aromatic heterocycles. The summed E-state index contributed by atoms with van der Waals surface area (Å²) in [5.74, 6) is -0.0564. The van der Waals surface area contributed by atoms with E-state index in [0.29, 0.717) is 19.4 Å². The van der Waals surface area contributed by atoms with Crippen molar-refractivity contribution < 1.29 is 4.79 Å². The Labute approximate surface area is 96.1 Å². The van der Waals surface area contributed by atoms with Gasteiger partial charge >= 0.3 is 0 Å². The molecule has 0 bridgehead atoms. The largest absolute Gasteiger partial charge is 0.352 e. The second-order valence-corrected chi connectivity index (χ2v) is 3.77. The molecule has 0 aliphatic carbocycles. The lowest BCUT2D eigenvalue weighted by Gasteiger charge is -2.08. The number of amides is 1. The minimum atomic E-state index is -0.0564. The van der Waals surface area contributed by atoms with E-state index >= 15 is 0 Å². The summed E-state index contributed by atoms with van der Waals surface area (Å²) in [5, 5.41) is 11.2. The van der Waals surface area contributed by atoms with E-state index in [2.05, 4.69) is 11.4 Å². The highest BCUT2D eigenvalue weighted by molar-refractivity contribution is 5.95. The number of hydrogen-bond acceptors (Lipinski definition) is 2. The van der Waals surface area contributed by atoms with E-state index in [1.807, 2.05) is 32.0 Å². The predicted octanol–water partition coefficient (Wildman–Crippen LogP) is 2.34. The van der Waals surface area contributed by atoms with Crippen molar-refractivity contribution in [1.82, 2.24) is 5.32 Å². The van der Waals surface area contributed by atoms with Gasteiger partial charge in [-0.3, -0.25) is 4.79 Å².